The summed E-state index contributed by atoms with van der Waals surface area (Å²) < 4.78 is 5.26. The number of rotatable bonds is 1. The highest BCUT2D eigenvalue weighted by Crippen LogP contribution is 2.43. The van der Waals surface area contributed by atoms with Crippen molar-refractivity contribution in [2.45, 2.75) is 38.2 Å². The summed E-state index contributed by atoms with van der Waals surface area (Å²) in [5.74, 6) is 0.754. The quantitative estimate of drug-likeness (QED) is 0.667. The van der Waals surface area contributed by atoms with Crippen LogP contribution in [0.25, 0.3) is 0 Å². The summed E-state index contributed by atoms with van der Waals surface area (Å²) >= 11 is 0. The first-order chi connectivity index (χ1) is 6.19. The van der Waals surface area contributed by atoms with Gasteiger partial charge in [-0.1, -0.05) is 6.92 Å². The molecule has 1 heterocycles. The molecule has 0 aromatic rings. The van der Waals surface area contributed by atoms with Crippen LogP contribution in [0, 0.1) is 5.92 Å². The molecule has 0 saturated heterocycles. The van der Waals surface area contributed by atoms with Gasteiger partial charge in [-0.15, -0.1) is 0 Å². The van der Waals surface area contributed by atoms with Crippen LogP contribution in [0.4, 0.5) is 4.79 Å². The van der Waals surface area contributed by atoms with Crippen molar-refractivity contribution >= 4 is 11.9 Å². The van der Waals surface area contributed by atoms with Gasteiger partial charge < -0.3 is 10.5 Å². The molecule has 1 spiro atoms. The van der Waals surface area contributed by atoms with Crippen LogP contribution in [0.1, 0.15) is 32.6 Å². The van der Waals surface area contributed by atoms with Gasteiger partial charge in [0.15, 0.2) is 11.4 Å². The van der Waals surface area contributed by atoms with Gasteiger partial charge in [-0.05, 0) is 25.7 Å². The van der Waals surface area contributed by atoms with E-state index in [1.165, 1.54) is 0 Å². The van der Waals surface area contributed by atoms with E-state index in [1.807, 2.05) is 0 Å². The Morgan fingerprint density at radius 1 is 1.77 bits per heavy atom. The molecule has 72 valence electrons. The molecule has 1 amide bonds. The van der Waals surface area contributed by atoms with Gasteiger partial charge in [0.05, 0.1) is 0 Å². The molecule has 1 aliphatic carbocycles. The number of nitrogens with zero attached hydrogens (tertiary/aromatic N) is 1. The van der Waals surface area contributed by atoms with E-state index in [-0.39, 0.29) is 0 Å². The van der Waals surface area contributed by atoms with Crippen LogP contribution < -0.4 is 5.73 Å². The van der Waals surface area contributed by atoms with Crippen LogP contribution in [-0.2, 0) is 4.74 Å². The average molecular weight is 182 g/mol. The summed E-state index contributed by atoms with van der Waals surface area (Å²) in [5.41, 5.74) is 5.20. The summed E-state index contributed by atoms with van der Waals surface area (Å²) in [6, 6.07) is 0. The lowest BCUT2D eigenvalue weighted by Crippen LogP contribution is -2.45. The topological polar surface area (TPSA) is 64.7 Å². The van der Waals surface area contributed by atoms with E-state index in [4.69, 9.17) is 10.5 Å². The van der Waals surface area contributed by atoms with Crippen molar-refractivity contribution in [3.8, 4) is 0 Å². The van der Waals surface area contributed by atoms with Crippen LogP contribution in [0.2, 0.25) is 0 Å². The molecular weight excluding hydrogens is 168 g/mol. The highest BCUT2D eigenvalue weighted by molar-refractivity contribution is 6.02. The Hall–Kier alpha value is -1.06. The monoisotopic (exact) mass is 182 g/mol. The minimum absolute atomic E-state index is 0.364. The van der Waals surface area contributed by atoms with Gasteiger partial charge in [0.25, 0.3) is 0 Å². The molecule has 2 rings (SSSR count). The second-order valence-corrected chi connectivity index (χ2v) is 3.75. The molecule has 4 heteroatoms. The first-order valence-electron chi connectivity index (χ1n) is 4.76. The fourth-order valence-corrected chi connectivity index (χ4v) is 2.48. The average Bonchev–Trinajstić information content (AvgIpc) is 2.59. The fraction of sp³-hybridized carbons (Fsp3) is 0.778. The molecule has 0 aromatic heterocycles. The summed E-state index contributed by atoms with van der Waals surface area (Å²) in [6.07, 6.45) is 3.47. The molecule has 2 aliphatic rings. The van der Waals surface area contributed by atoms with Gasteiger partial charge in [0, 0.05) is 5.92 Å². The maximum atomic E-state index is 11.0. The van der Waals surface area contributed by atoms with Gasteiger partial charge in [0.1, 0.15) is 0 Å². The number of carbonyl (C=O) groups is 1. The van der Waals surface area contributed by atoms with E-state index in [0.717, 1.165) is 25.7 Å². The number of hydrogen-bond acceptors (Lipinski definition) is 3. The number of aliphatic imine (C=N–C) groups is 1. The standard InChI is InChI=1S/C9H14N2O2/c1-2-6-4-3-5-9(6)7(10)11-8(12)13-9/h6H,2-5H2,1H3,(H2,10,11,12). The van der Waals surface area contributed by atoms with Crippen LogP contribution in [0.5, 0.6) is 0 Å². The third-order valence-electron chi connectivity index (χ3n) is 3.17. The molecule has 1 aliphatic heterocycles. The predicted molar refractivity (Wildman–Crippen MR) is 48.5 cm³/mol. The number of amidine groups is 1. The minimum atomic E-state index is -0.536. The second kappa shape index (κ2) is 2.72. The Morgan fingerprint density at radius 2 is 2.54 bits per heavy atom. The molecule has 2 unspecified atom stereocenters. The Balaban J connectivity index is 2.30. The molecule has 4 nitrogen and oxygen atoms in total. The zero-order valence-electron chi connectivity index (χ0n) is 7.75. The largest absolute Gasteiger partial charge is 0.436 e. The van der Waals surface area contributed by atoms with Crippen LogP contribution in [-0.4, -0.2) is 17.5 Å². The molecule has 0 bridgehead atoms. The lowest BCUT2D eigenvalue weighted by molar-refractivity contribution is 0.0518. The summed E-state index contributed by atoms with van der Waals surface area (Å²) in [5, 5.41) is 0. The number of nitrogens with two attached hydrogens (primary N) is 1. The predicted octanol–water partition coefficient (Wildman–Crippen LogP) is 1.44. The highest BCUT2D eigenvalue weighted by Gasteiger charge is 2.52. The van der Waals surface area contributed by atoms with Crippen molar-refractivity contribution < 1.29 is 9.53 Å². The van der Waals surface area contributed by atoms with Crippen molar-refractivity contribution in [1.82, 2.24) is 0 Å². The third kappa shape index (κ3) is 1.04. The third-order valence-corrected chi connectivity index (χ3v) is 3.17. The van der Waals surface area contributed by atoms with Crippen molar-refractivity contribution in [3.05, 3.63) is 0 Å². The summed E-state index contributed by atoms with van der Waals surface area (Å²) in [4.78, 5) is 14.6. The van der Waals surface area contributed by atoms with Gasteiger partial charge in [-0.2, -0.15) is 4.99 Å². The molecular formula is C9H14N2O2. The van der Waals surface area contributed by atoms with Crippen molar-refractivity contribution in [2.75, 3.05) is 0 Å². The Bertz CT molecular complexity index is 275. The zero-order chi connectivity index (χ0) is 9.47. The SMILES string of the molecule is CCC1CCCC12OC(=O)N=C2N. The van der Waals surface area contributed by atoms with Gasteiger partial charge >= 0.3 is 6.09 Å². The van der Waals surface area contributed by atoms with E-state index in [1.54, 1.807) is 0 Å². The fourth-order valence-electron chi connectivity index (χ4n) is 2.48. The molecule has 1 saturated carbocycles. The maximum Gasteiger partial charge on any atom is 0.436 e. The van der Waals surface area contributed by atoms with E-state index in [2.05, 4.69) is 11.9 Å². The van der Waals surface area contributed by atoms with E-state index < -0.39 is 11.7 Å². The molecule has 13 heavy (non-hydrogen) atoms. The molecule has 1 fully saturated rings. The number of amides is 1. The molecule has 0 aromatic carbocycles. The van der Waals surface area contributed by atoms with E-state index in [9.17, 15) is 4.79 Å². The van der Waals surface area contributed by atoms with E-state index in [0.29, 0.717) is 11.8 Å². The maximum absolute atomic E-state index is 11.0. The Morgan fingerprint density at radius 3 is 3.08 bits per heavy atom. The van der Waals surface area contributed by atoms with Crippen LogP contribution >= 0.6 is 0 Å². The Kier molecular flexibility index (Phi) is 1.78. The summed E-state index contributed by atoms with van der Waals surface area (Å²) in [7, 11) is 0. The number of hydrogen-bond donors (Lipinski definition) is 1. The summed E-state index contributed by atoms with van der Waals surface area (Å²) in [6.45, 7) is 2.09. The van der Waals surface area contributed by atoms with Crippen LogP contribution in [0.15, 0.2) is 4.99 Å². The van der Waals surface area contributed by atoms with Crippen LogP contribution in [0.3, 0.4) is 0 Å². The normalized spacial score (nSPS) is 38.1. The molecule has 2 atom stereocenters. The van der Waals surface area contributed by atoms with Gasteiger partial charge in [0.2, 0.25) is 0 Å². The van der Waals surface area contributed by atoms with E-state index >= 15 is 0 Å². The zero-order valence-corrected chi connectivity index (χ0v) is 7.75. The smallest absolute Gasteiger partial charge is 0.433 e. The van der Waals surface area contributed by atoms with Gasteiger partial charge in [-0.3, -0.25) is 0 Å². The lowest BCUT2D eigenvalue weighted by atomic mass is 9.88. The first kappa shape index (κ1) is 8.53. The minimum Gasteiger partial charge on any atom is -0.433 e. The van der Waals surface area contributed by atoms with Crippen molar-refractivity contribution in [2.24, 2.45) is 16.6 Å². The lowest BCUT2D eigenvalue weighted by Gasteiger charge is -2.28. The van der Waals surface area contributed by atoms with Crippen molar-refractivity contribution in [3.63, 3.8) is 0 Å². The molecule has 0 radical (unpaired) electrons. The first-order valence-corrected chi connectivity index (χ1v) is 4.76. The van der Waals surface area contributed by atoms with Gasteiger partial charge in [-0.25, -0.2) is 4.79 Å². The highest BCUT2D eigenvalue weighted by atomic mass is 16.6. The Labute approximate surface area is 77.2 Å². The molecule has 2 N–H and O–H groups in total. The number of carbonyl (C=O) groups excluding carboxylic acids is 1. The second-order valence-electron chi connectivity index (χ2n) is 3.75. The van der Waals surface area contributed by atoms with Crippen molar-refractivity contribution in [1.29, 1.82) is 0 Å². The number of ether oxygens (including phenoxy) is 1.